The fourth-order valence-electron chi connectivity index (χ4n) is 1.36. The Hall–Kier alpha value is -0.630. The molecule has 2 N–H and O–H groups in total. The van der Waals surface area contributed by atoms with Crippen LogP contribution in [0.4, 0.5) is 4.79 Å². The van der Waals surface area contributed by atoms with Gasteiger partial charge in [-0.25, -0.2) is 0 Å². The second-order valence-electron chi connectivity index (χ2n) is 3.26. The summed E-state index contributed by atoms with van der Waals surface area (Å²) in [6.07, 6.45) is 1.73. The monoisotopic (exact) mass is 332 g/mol. The minimum absolute atomic E-state index is 0.248. The summed E-state index contributed by atoms with van der Waals surface area (Å²) in [6.45, 7) is 0.562. The Morgan fingerprint density at radius 3 is 2.76 bits per heavy atom. The third-order valence-corrected chi connectivity index (χ3v) is 4.57. The second kappa shape index (κ2) is 5.34. The van der Waals surface area contributed by atoms with Crippen LogP contribution in [-0.2, 0) is 4.79 Å². The largest absolute Gasteiger partial charge is 0.329 e. The van der Waals surface area contributed by atoms with Gasteiger partial charge in [-0.1, -0.05) is 0 Å². The second-order valence-corrected chi connectivity index (χ2v) is 6.75. The lowest BCUT2D eigenvalue weighted by molar-refractivity contribution is -0.122. The number of nitrogens with zero attached hydrogens (tertiary/aromatic N) is 1. The number of amides is 2. The maximum Gasteiger partial charge on any atom is 0.293 e. The minimum atomic E-state index is -0.255. The molecule has 1 aliphatic rings. The van der Waals surface area contributed by atoms with Crippen molar-refractivity contribution in [2.24, 2.45) is 5.73 Å². The number of imide groups is 1. The molecule has 1 saturated heterocycles. The third-order valence-electron chi connectivity index (χ3n) is 2.09. The van der Waals surface area contributed by atoms with E-state index in [1.807, 2.05) is 12.1 Å². The van der Waals surface area contributed by atoms with E-state index in [1.54, 1.807) is 6.08 Å². The Bertz CT molecular complexity index is 498. The number of halogens is 1. The highest BCUT2D eigenvalue weighted by molar-refractivity contribution is 9.11. The number of carbonyl (C=O) groups is 2. The van der Waals surface area contributed by atoms with Gasteiger partial charge in [0, 0.05) is 18.0 Å². The van der Waals surface area contributed by atoms with Gasteiger partial charge < -0.3 is 5.73 Å². The van der Waals surface area contributed by atoms with Crippen molar-refractivity contribution < 1.29 is 9.59 Å². The van der Waals surface area contributed by atoms with Crippen LogP contribution in [0.15, 0.2) is 20.8 Å². The van der Waals surface area contributed by atoms with Crippen LogP contribution >= 0.6 is 39.0 Å². The summed E-state index contributed by atoms with van der Waals surface area (Å²) >= 11 is 5.82. The highest BCUT2D eigenvalue weighted by Gasteiger charge is 2.34. The van der Waals surface area contributed by atoms with Crippen LogP contribution in [-0.4, -0.2) is 29.1 Å². The van der Waals surface area contributed by atoms with E-state index in [0.717, 1.165) is 20.4 Å². The summed E-state index contributed by atoms with van der Waals surface area (Å²) < 4.78 is 0.991. The predicted octanol–water partition coefficient (Wildman–Crippen LogP) is 2.51. The number of thiophene rings is 1. The lowest BCUT2D eigenvalue weighted by atomic mass is 10.3. The van der Waals surface area contributed by atoms with Crippen LogP contribution in [0.3, 0.4) is 0 Å². The molecule has 0 atom stereocenters. The molecule has 1 aromatic rings. The van der Waals surface area contributed by atoms with E-state index in [-0.39, 0.29) is 24.2 Å². The van der Waals surface area contributed by atoms with Crippen molar-refractivity contribution in [3.8, 4) is 0 Å². The normalized spacial score (nSPS) is 18.5. The van der Waals surface area contributed by atoms with Gasteiger partial charge in [0.2, 0.25) is 0 Å². The summed E-state index contributed by atoms with van der Waals surface area (Å²) in [5, 5.41) is -0.248. The molecule has 2 rings (SSSR count). The SMILES string of the molecule is NCCN1C(=O)S/C(=C\c2ccc(Br)s2)C1=O. The van der Waals surface area contributed by atoms with Gasteiger partial charge in [0.25, 0.3) is 11.1 Å². The first-order valence-corrected chi connectivity index (χ1v) is 7.25. The summed E-state index contributed by atoms with van der Waals surface area (Å²) in [6, 6.07) is 3.80. The van der Waals surface area contributed by atoms with Gasteiger partial charge in [-0.15, -0.1) is 11.3 Å². The highest BCUT2D eigenvalue weighted by Crippen LogP contribution is 2.33. The molecule has 2 heterocycles. The van der Waals surface area contributed by atoms with Crippen LogP contribution in [0, 0.1) is 0 Å². The van der Waals surface area contributed by atoms with E-state index in [1.165, 1.54) is 16.2 Å². The molecule has 2 amide bonds. The molecule has 1 aromatic heterocycles. The Labute approximate surface area is 115 Å². The van der Waals surface area contributed by atoms with E-state index in [4.69, 9.17) is 5.73 Å². The first-order chi connectivity index (χ1) is 8.11. The van der Waals surface area contributed by atoms with Crippen LogP contribution in [0.1, 0.15) is 4.88 Å². The Balaban J connectivity index is 2.21. The quantitative estimate of drug-likeness (QED) is 0.864. The van der Waals surface area contributed by atoms with Crippen molar-refractivity contribution >= 4 is 56.3 Å². The number of hydrogen-bond acceptors (Lipinski definition) is 5. The van der Waals surface area contributed by atoms with Crippen molar-refractivity contribution in [1.29, 1.82) is 0 Å². The maximum atomic E-state index is 11.9. The Kier molecular flexibility index (Phi) is 4.03. The topological polar surface area (TPSA) is 63.4 Å². The lowest BCUT2D eigenvalue weighted by Gasteiger charge is -2.09. The lowest BCUT2D eigenvalue weighted by Crippen LogP contribution is -2.33. The highest BCUT2D eigenvalue weighted by atomic mass is 79.9. The van der Waals surface area contributed by atoms with Crippen LogP contribution in [0.2, 0.25) is 0 Å². The van der Waals surface area contributed by atoms with Crippen molar-refractivity contribution in [2.45, 2.75) is 0 Å². The molecular weight excluding hydrogens is 324 g/mol. The van der Waals surface area contributed by atoms with E-state index in [0.29, 0.717) is 4.91 Å². The molecule has 0 saturated carbocycles. The molecule has 0 aromatic carbocycles. The Morgan fingerprint density at radius 1 is 1.41 bits per heavy atom. The molecule has 17 heavy (non-hydrogen) atoms. The summed E-state index contributed by atoms with van der Waals surface area (Å²) in [5.41, 5.74) is 5.36. The van der Waals surface area contributed by atoms with Crippen molar-refractivity contribution in [1.82, 2.24) is 4.90 Å². The zero-order chi connectivity index (χ0) is 12.4. The van der Waals surface area contributed by atoms with Crippen LogP contribution < -0.4 is 5.73 Å². The Morgan fingerprint density at radius 2 is 2.18 bits per heavy atom. The number of carbonyl (C=O) groups excluding carboxylic acids is 2. The fourth-order valence-corrected chi connectivity index (χ4v) is 3.65. The van der Waals surface area contributed by atoms with Gasteiger partial charge in [0.05, 0.1) is 8.69 Å². The molecule has 7 heteroatoms. The van der Waals surface area contributed by atoms with Crippen LogP contribution in [0.25, 0.3) is 6.08 Å². The first-order valence-electron chi connectivity index (χ1n) is 4.82. The van der Waals surface area contributed by atoms with Gasteiger partial charge in [-0.05, 0) is 45.9 Å². The zero-order valence-electron chi connectivity index (χ0n) is 8.68. The summed E-state index contributed by atoms with van der Waals surface area (Å²) in [7, 11) is 0. The van der Waals surface area contributed by atoms with Crippen molar-refractivity contribution in [3.05, 3.63) is 25.7 Å². The number of thioether (sulfide) groups is 1. The standard InChI is InChI=1S/C10H9BrN2O2S2/c11-8-2-1-6(16-8)5-7-9(14)13(4-3-12)10(15)17-7/h1-2,5H,3-4,12H2/b7-5-. The fraction of sp³-hybridized carbons (Fsp3) is 0.200. The van der Waals surface area contributed by atoms with E-state index in [2.05, 4.69) is 15.9 Å². The molecule has 4 nitrogen and oxygen atoms in total. The van der Waals surface area contributed by atoms with Gasteiger partial charge in [0.15, 0.2) is 0 Å². The molecule has 0 radical (unpaired) electrons. The average molecular weight is 333 g/mol. The van der Waals surface area contributed by atoms with Crippen molar-refractivity contribution in [3.63, 3.8) is 0 Å². The summed E-state index contributed by atoms with van der Waals surface area (Å²) in [5.74, 6) is -0.255. The molecule has 0 bridgehead atoms. The van der Waals surface area contributed by atoms with Gasteiger partial charge in [-0.3, -0.25) is 14.5 Å². The number of rotatable bonds is 3. The van der Waals surface area contributed by atoms with E-state index >= 15 is 0 Å². The van der Waals surface area contributed by atoms with Crippen molar-refractivity contribution in [2.75, 3.05) is 13.1 Å². The molecule has 1 aliphatic heterocycles. The number of hydrogen-bond donors (Lipinski definition) is 1. The van der Waals surface area contributed by atoms with Crippen LogP contribution in [0.5, 0.6) is 0 Å². The van der Waals surface area contributed by atoms with E-state index < -0.39 is 0 Å². The van der Waals surface area contributed by atoms with Gasteiger partial charge in [0.1, 0.15) is 0 Å². The average Bonchev–Trinajstić information content (AvgIpc) is 2.79. The number of nitrogens with two attached hydrogens (primary N) is 1. The first kappa shape index (κ1) is 12.8. The molecular formula is C10H9BrN2O2S2. The van der Waals surface area contributed by atoms with E-state index in [9.17, 15) is 9.59 Å². The molecule has 90 valence electrons. The smallest absolute Gasteiger partial charge is 0.293 e. The molecule has 0 spiro atoms. The molecule has 0 aliphatic carbocycles. The summed E-state index contributed by atoms with van der Waals surface area (Å²) in [4.78, 5) is 26.0. The van der Waals surface area contributed by atoms with Gasteiger partial charge in [-0.2, -0.15) is 0 Å². The molecule has 0 unspecified atom stereocenters. The maximum absolute atomic E-state index is 11.9. The third kappa shape index (κ3) is 2.79. The predicted molar refractivity (Wildman–Crippen MR) is 73.8 cm³/mol. The minimum Gasteiger partial charge on any atom is -0.329 e. The zero-order valence-corrected chi connectivity index (χ0v) is 11.9. The molecule has 1 fully saturated rings. The van der Waals surface area contributed by atoms with Gasteiger partial charge >= 0.3 is 0 Å².